The Hall–Kier alpha value is -0.650. The topological polar surface area (TPSA) is 53.6 Å². The molecule has 0 spiro atoms. The number of likely N-dealkylation sites (N-methyl/N-ethyl adjacent to an activating group) is 1. The smallest absolute Gasteiger partial charge is 0.234 e. The molecule has 0 saturated carbocycles. The Kier molecular flexibility index (Phi) is 8.11. The van der Waals surface area contributed by atoms with Crippen LogP contribution in [0.15, 0.2) is 0 Å². The number of nitrogens with one attached hydrogen (secondary N) is 2. The van der Waals surface area contributed by atoms with E-state index in [9.17, 15) is 4.79 Å². The van der Waals surface area contributed by atoms with Gasteiger partial charge in [0.05, 0.1) is 13.2 Å². The fraction of sp³-hybridized carbons (Fsp3) is 0.933. The van der Waals surface area contributed by atoms with E-state index in [4.69, 9.17) is 4.74 Å². The summed E-state index contributed by atoms with van der Waals surface area (Å²) in [5.74, 6) is 0.102. The molecule has 5 heteroatoms. The monoisotopic (exact) mass is 285 g/mol. The average Bonchev–Trinajstić information content (AvgIpc) is 2.39. The van der Waals surface area contributed by atoms with Gasteiger partial charge in [-0.05, 0) is 39.8 Å². The van der Waals surface area contributed by atoms with E-state index in [0.717, 1.165) is 13.1 Å². The van der Waals surface area contributed by atoms with Crippen LogP contribution in [0.3, 0.4) is 0 Å². The maximum absolute atomic E-state index is 12.1. The van der Waals surface area contributed by atoms with Gasteiger partial charge in [0.15, 0.2) is 0 Å². The molecule has 2 N–H and O–H groups in total. The Bertz CT molecular complexity index is 286. The highest BCUT2D eigenvalue weighted by Crippen LogP contribution is 2.19. The maximum Gasteiger partial charge on any atom is 0.234 e. The number of nitrogens with zero attached hydrogens (tertiary/aromatic N) is 1. The van der Waals surface area contributed by atoms with E-state index in [-0.39, 0.29) is 11.9 Å². The molecular formula is C15H31N3O2. The van der Waals surface area contributed by atoms with Crippen LogP contribution in [0.1, 0.15) is 40.0 Å². The summed E-state index contributed by atoms with van der Waals surface area (Å²) < 4.78 is 5.05. The highest BCUT2D eigenvalue weighted by molar-refractivity contribution is 5.78. The lowest BCUT2D eigenvalue weighted by atomic mass is 9.96. The Morgan fingerprint density at radius 3 is 2.80 bits per heavy atom. The van der Waals surface area contributed by atoms with Crippen molar-refractivity contribution in [1.29, 1.82) is 0 Å². The van der Waals surface area contributed by atoms with Crippen molar-refractivity contribution in [1.82, 2.24) is 15.5 Å². The van der Waals surface area contributed by atoms with Crippen LogP contribution in [0.25, 0.3) is 0 Å². The zero-order valence-electron chi connectivity index (χ0n) is 13.4. The minimum atomic E-state index is 0.0712. The van der Waals surface area contributed by atoms with Crippen molar-refractivity contribution in [3.05, 3.63) is 0 Å². The minimum absolute atomic E-state index is 0.0712. The predicted octanol–water partition coefficient (Wildman–Crippen LogP) is 0.990. The van der Waals surface area contributed by atoms with Crippen LogP contribution in [0.5, 0.6) is 0 Å². The maximum atomic E-state index is 12.1. The van der Waals surface area contributed by atoms with E-state index < -0.39 is 0 Å². The first-order valence-electron chi connectivity index (χ1n) is 7.84. The second-order valence-corrected chi connectivity index (χ2v) is 5.80. The molecule has 0 aliphatic carbocycles. The summed E-state index contributed by atoms with van der Waals surface area (Å²) in [6, 6.07) is 0.971. The lowest BCUT2D eigenvalue weighted by molar-refractivity contribution is -0.124. The number of carbonyl (C=O) groups is 1. The Morgan fingerprint density at radius 2 is 2.15 bits per heavy atom. The number of ether oxygens (including phenoxy) is 1. The lowest BCUT2D eigenvalue weighted by Gasteiger charge is -2.39. The number of hydrogen-bond acceptors (Lipinski definition) is 4. The van der Waals surface area contributed by atoms with Gasteiger partial charge in [0.25, 0.3) is 0 Å². The van der Waals surface area contributed by atoms with Crippen LogP contribution in [0.4, 0.5) is 0 Å². The summed E-state index contributed by atoms with van der Waals surface area (Å²) in [5.41, 5.74) is 0. The molecule has 1 saturated heterocycles. The van der Waals surface area contributed by atoms with Crippen LogP contribution in [-0.4, -0.2) is 62.3 Å². The molecule has 1 heterocycles. The van der Waals surface area contributed by atoms with Crippen LogP contribution < -0.4 is 10.6 Å². The largest absolute Gasteiger partial charge is 0.383 e. The van der Waals surface area contributed by atoms with E-state index in [2.05, 4.69) is 29.4 Å². The van der Waals surface area contributed by atoms with Gasteiger partial charge in [0.2, 0.25) is 5.91 Å². The van der Waals surface area contributed by atoms with Gasteiger partial charge in [-0.15, -0.1) is 0 Å². The Labute approximate surface area is 123 Å². The van der Waals surface area contributed by atoms with Crippen LogP contribution in [-0.2, 0) is 9.53 Å². The number of likely N-dealkylation sites (tertiary alicyclic amines) is 1. The molecular weight excluding hydrogens is 254 g/mol. The van der Waals surface area contributed by atoms with Crippen LogP contribution >= 0.6 is 0 Å². The third kappa shape index (κ3) is 5.77. The summed E-state index contributed by atoms with van der Waals surface area (Å²) in [5, 5.41) is 6.48. The summed E-state index contributed by atoms with van der Waals surface area (Å²) in [6.07, 6.45) is 3.63. The molecule has 1 fully saturated rings. The molecule has 20 heavy (non-hydrogen) atoms. The first kappa shape index (κ1) is 17.4. The van der Waals surface area contributed by atoms with E-state index >= 15 is 0 Å². The first-order valence-corrected chi connectivity index (χ1v) is 7.84. The van der Waals surface area contributed by atoms with Crippen molar-refractivity contribution < 1.29 is 9.53 Å². The minimum Gasteiger partial charge on any atom is -0.383 e. The Balaban J connectivity index is 2.47. The second-order valence-electron chi connectivity index (χ2n) is 5.80. The molecule has 3 unspecified atom stereocenters. The molecule has 0 aromatic heterocycles. The standard InChI is InChI=1S/C15H31N3O2/c1-5-16-13(3)14-8-6-7-9-18(14)10-15(19)17-12(2)11-20-4/h12-14,16H,5-11H2,1-4H3,(H,17,19). The van der Waals surface area contributed by atoms with E-state index in [1.807, 2.05) is 6.92 Å². The summed E-state index contributed by atoms with van der Waals surface area (Å²) in [4.78, 5) is 14.4. The zero-order chi connectivity index (χ0) is 15.0. The van der Waals surface area contributed by atoms with E-state index in [0.29, 0.717) is 25.2 Å². The highest BCUT2D eigenvalue weighted by Gasteiger charge is 2.28. The van der Waals surface area contributed by atoms with Crippen molar-refractivity contribution in [2.75, 3.05) is 33.4 Å². The van der Waals surface area contributed by atoms with Gasteiger partial charge in [-0.2, -0.15) is 0 Å². The predicted molar refractivity (Wildman–Crippen MR) is 81.8 cm³/mol. The van der Waals surface area contributed by atoms with Crippen LogP contribution in [0, 0.1) is 0 Å². The van der Waals surface area contributed by atoms with Gasteiger partial charge in [0, 0.05) is 25.2 Å². The summed E-state index contributed by atoms with van der Waals surface area (Å²) in [6.45, 7) is 9.36. The SMILES string of the molecule is CCNC(C)C1CCCCN1CC(=O)NC(C)COC. The molecule has 0 aromatic rings. The van der Waals surface area contributed by atoms with Crippen molar-refractivity contribution in [2.45, 2.75) is 58.2 Å². The molecule has 1 aliphatic rings. The quantitative estimate of drug-likeness (QED) is 0.698. The molecule has 118 valence electrons. The van der Waals surface area contributed by atoms with Gasteiger partial charge in [0.1, 0.15) is 0 Å². The zero-order valence-corrected chi connectivity index (χ0v) is 13.4. The molecule has 3 atom stereocenters. The number of methoxy groups -OCH3 is 1. The number of amides is 1. The number of piperidine rings is 1. The first-order chi connectivity index (χ1) is 9.58. The Morgan fingerprint density at radius 1 is 1.40 bits per heavy atom. The van der Waals surface area contributed by atoms with Gasteiger partial charge in [-0.3, -0.25) is 9.69 Å². The third-order valence-corrected chi connectivity index (χ3v) is 3.94. The fourth-order valence-corrected chi connectivity index (χ4v) is 3.03. The number of carbonyl (C=O) groups excluding carboxylic acids is 1. The lowest BCUT2D eigenvalue weighted by Crippen LogP contribution is -2.54. The van der Waals surface area contributed by atoms with Crippen molar-refractivity contribution in [2.24, 2.45) is 0 Å². The molecule has 1 rings (SSSR count). The number of rotatable bonds is 8. The second kappa shape index (κ2) is 9.32. The molecule has 0 radical (unpaired) electrons. The normalized spacial score (nSPS) is 23.3. The molecule has 1 amide bonds. The van der Waals surface area contributed by atoms with Crippen molar-refractivity contribution in [3.8, 4) is 0 Å². The summed E-state index contributed by atoms with van der Waals surface area (Å²) in [7, 11) is 1.65. The molecule has 5 nitrogen and oxygen atoms in total. The van der Waals surface area contributed by atoms with Crippen molar-refractivity contribution >= 4 is 5.91 Å². The van der Waals surface area contributed by atoms with E-state index in [1.165, 1.54) is 19.3 Å². The molecule has 0 bridgehead atoms. The van der Waals surface area contributed by atoms with Gasteiger partial charge in [-0.1, -0.05) is 13.3 Å². The fourth-order valence-electron chi connectivity index (χ4n) is 3.03. The highest BCUT2D eigenvalue weighted by atomic mass is 16.5. The third-order valence-electron chi connectivity index (χ3n) is 3.94. The summed E-state index contributed by atoms with van der Waals surface area (Å²) >= 11 is 0. The van der Waals surface area contributed by atoms with Gasteiger partial charge in [-0.25, -0.2) is 0 Å². The van der Waals surface area contributed by atoms with Crippen molar-refractivity contribution in [3.63, 3.8) is 0 Å². The number of hydrogen-bond donors (Lipinski definition) is 2. The average molecular weight is 285 g/mol. The van der Waals surface area contributed by atoms with Crippen LogP contribution in [0.2, 0.25) is 0 Å². The van der Waals surface area contributed by atoms with Gasteiger partial charge >= 0.3 is 0 Å². The molecule has 1 aliphatic heterocycles. The van der Waals surface area contributed by atoms with Gasteiger partial charge < -0.3 is 15.4 Å². The van der Waals surface area contributed by atoms with E-state index in [1.54, 1.807) is 7.11 Å². The molecule has 0 aromatic carbocycles.